The summed E-state index contributed by atoms with van der Waals surface area (Å²) in [5, 5.41) is 2.78. The zero-order valence-corrected chi connectivity index (χ0v) is 15.8. The maximum Gasteiger partial charge on any atom is 0.338 e. The zero-order valence-electron chi connectivity index (χ0n) is 15.8. The molecule has 0 fully saturated rings. The molecule has 2 aromatic rings. The molecule has 0 saturated carbocycles. The van der Waals surface area contributed by atoms with Gasteiger partial charge in [-0.1, -0.05) is 0 Å². The van der Waals surface area contributed by atoms with E-state index < -0.39 is 11.9 Å². The summed E-state index contributed by atoms with van der Waals surface area (Å²) >= 11 is 0. The molecule has 0 radical (unpaired) electrons. The van der Waals surface area contributed by atoms with E-state index in [1.54, 1.807) is 63.6 Å². The summed E-state index contributed by atoms with van der Waals surface area (Å²) in [5.41, 5.74) is 1.10. The van der Waals surface area contributed by atoms with Crippen LogP contribution in [0.3, 0.4) is 0 Å². The van der Waals surface area contributed by atoms with E-state index in [1.807, 2.05) is 0 Å². The molecule has 144 valence electrons. The topological polar surface area (TPSA) is 83.1 Å². The first-order valence-electron chi connectivity index (χ1n) is 8.31. The second kappa shape index (κ2) is 9.47. The first-order chi connectivity index (χ1) is 13.0. The molecule has 0 aliphatic carbocycles. The second-order valence-electron chi connectivity index (χ2n) is 5.70. The van der Waals surface area contributed by atoms with E-state index in [9.17, 15) is 9.59 Å². The second-order valence-corrected chi connectivity index (χ2v) is 5.70. The summed E-state index contributed by atoms with van der Waals surface area (Å²) in [6, 6.07) is 11.4. The molecule has 1 amide bonds. The molecule has 1 unspecified atom stereocenters. The first kappa shape index (κ1) is 20.1. The quantitative estimate of drug-likeness (QED) is 0.717. The predicted molar refractivity (Wildman–Crippen MR) is 99.4 cm³/mol. The Labute approximate surface area is 158 Å². The highest BCUT2D eigenvalue weighted by Crippen LogP contribution is 2.29. The molecule has 0 heterocycles. The van der Waals surface area contributed by atoms with E-state index >= 15 is 0 Å². The van der Waals surface area contributed by atoms with Crippen LogP contribution in [-0.2, 0) is 9.53 Å². The largest absolute Gasteiger partial charge is 0.497 e. The Balaban J connectivity index is 1.93. The molecular weight excluding hydrogens is 350 g/mol. The molecule has 7 heteroatoms. The maximum atomic E-state index is 12.1. The van der Waals surface area contributed by atoms with Gasteiger partial charge in [-0.25, -0.2) is 4.79 Å². The van der Waals surface area contributed by atoms with Gasteiger partial charge in [0.1, 0.15) is 17.2 Å². The Hall–Kier alpha value is -3.22. The van der Waals surface area contributed by atoms with Gasteiger partial charge >= 0.3 is 5.97 Å². The molecule has 0 aliphatic heterocycles. The highest BCUT2D eigenvalue weighted by Gasteiger charge is 2.17. The van der Waals surface area contributed by atoms with Crippen molar-refractivity contribution in [1.82, 2.24) is 5.32 Å². The number of methoxy groups -OCH3 is 3. The Kier molecular flexibility index (Phi) is 7.05. The van der Waals surface area contributed by atoms with Crippen LogP contribution in [0.25, 0.3) is 0 Å². The van der Waals surface area contributed by atoms with Gasteiger partial charge in [0, 0.05) is 5.56 Å². The Bertz CT molecular complexity index is 788. The van der Waals surface area contributed by atoms with Crippen molar-refractivity contribution in [3.8, 4) is 17.2 Å². The number of hydrogen-bond donors (Lipinski definition) is 1. The number of hydrogen-bond acceptors (Lipinski definition) is 6. The van der Waals surface area contributed by atoms with Crippen molar-refractivity contribution >= 4 is 11.9 Å². The van der Waals surface area contributed by atoms with Gasteiger partial charge in [0.05, 0.1) is 32.9 Å². The van der Waals surface area contributed by atoms with E-state index in [0.717, 1.165) is 5.56 Å². The molecule has 2 aromatic carbocycles. The van der Waals surface area contributed by atoms with E-state index in [4.69, 9.17) is 18.9 Å². The third-order valence-electron chi connectivity index (χ3n) is 3.94. The molecule has 27 heavy (non-hydrogen) atoms. The normalized spacial score (nSPS) is 11.3. The van der Waals surface area contributed by atoms with Crippen molar-refractivity contribution in [2.75, 3.05) is 27.9 Å². The Morgan fingerprint density at radius 2 is 1.56 bits per heavy atom. The lowest BCUT2D eigenvalue weighted by Crippen LogP contribution is -2.31. The number of benzene rings is 2. The third kappa shape index (κ3) is 5.37. The molecule has 2 rings (SSSR count). The number of amides is 1. The van der Waals surface area contributed by atoms with Gasteiger partial charge in [0.15, 0.2) is 6.61 Å². The van der Waals surface area contributed by atoms with Crippen LogP contribution in [0.2, 0.25) is 0 Å². The lowest BCUT2D eigenvalue weighted by atomic mass is 10.1. The van der Waals surface area contributed by atoms with Gasteiger partial charge in [-0.15, -0.1) is 0 Å². The van der Waals surface area contributed by atoms with Crippen LogP contribution in [0.4, 0.5) is 0 Å². The minimum atomic E-state index is -0.584. The van der Waals surface area contributed by atoms with Crippen molar-refractivity contribution in [2.45, 2.75) is 13.0 Å². The van der Waals surface area contributed by atoms with Gasteiger partial charge < -0.3 is 24.3 Å². The highest BCUT2D eigenvalue weighted by atomic mass is 16.5. The monoisotopic (exact) mass is 373 g/mol. The fourth-order valence-electron chi connectivity index (χ4n) is 2.48. The number of carbonyl (C=O) groups is 2. The summed E-state index contributed by atoms with van der Waals surface area (Å²) in [7, 11) is 4.65. The summed E-state index contributed by atoms with van der Waals surface area (Å²) in [6.45, 7) is 1.42. The minimum Gasteiger partial charge on any atom is -0.497 e. The first-order valence-corrected chi connectivity index (χ1v) is 8.31. The summed E-state index contributed by atoms with van der Waals surface area (Å²) < 4.78 is 20.6. The van der Waals surface area contributed by atoms with Gasteiger partial charge in [-0.05, 0) is 49.4 Å². The molecule has 1 atom stereocenters. The van der Waals surface area contributed by atoms with Gasteiger partial charge in [0.25, 0.3) is 5.91 Å². The average Bonchev–Trinajstić information content (AvgIpc) is 2.71. The van der Waals surface area contributed by atoms with Crippen LogP contribution in [0.1, 0.15) is 28.9 Å². The summed E-state index contributed by atoms with van der Waals surface area (Å²) in [5.74, 6) is 0.899. The van der Waals surface area contributed by atoms with Crippen LogP contribution in [0.15, 0.2) is 42.5 Å². The maximum absolute atomic E-state index is 12.1. The number of ether oxygens (including phenoxy) is 4. The molecule has 0 aliphatic rings. The molecule has 0 bridgehead atoms. The predicted octanol–water partition coefficient (Wildman–Crippen LogP) is 2.75. The SMILES string of the molecule is COc1ccc(C(=O)OCC(=O)NC(C)c2cc(OC)ccc2OC)cc1. The lowest BCUT2D eigenvalue weighted by Gasteiger charge is -2.18. The van der Waals surface area contributed by atoms with Crippen molar-refractivity contribution in [2.24, 2.45) is 0 Å². The smallest absolute Gasteiger partial charge is 0.338 e. The van der Waals surface area contributed by atoms with E-state index in [1.165, 1.54) is 7.11 Å². The van der Waals surface area contributed by atoms with E-state index in [-0.39, 0.29) is 12.6 Å². The van der Waals surface area contributed by atoms with Gasteiger partial charge in [0.2, 0.25) is 0 Å². The lowest BCUT2D eigenvalue weighted by molar-refractivity contribution is -0.124. The average molecular weight is 373 g/mol. The van der Waals surface area contributed by atoms with E-state index in [2.05, 4.69) is 5.32 Å². The van der Waals surface area contributed by atoms with Crippen LogP contribution in [0.5, 0.6) is 17.2 Å². The number of esters is 1. The number of nitrogens with one attached hydrogen (secondary N) is 1. The molecule has 0 saturated heterocycles. The summed E-state index contributed by atoms with van der Waals surface area (Å²) in [4.78, 5) is 24.1. The van der Waals surface area contributed by atoms with Gasteiger partial charge in [-0.3, -0.25) is 4.79 Å². The zero-order chi connectivity index (χ0) is 19.8. The third-order valence-corrected chi connectivity index (χ3v) is 3.94. The van der Waals surface area contributed by atoms with Crippen molar-refractivity contribution in [1.29, 1.82) is 0 Å². The molecule has 7 nitrogen and oxygen atoms in total. The van der Waals surface area contributed by atoms with Crippen LogP contribution >= 0.6 is 0 Å². The fraction of sp³-hybridized carbons (Fsp3) is 0.300. The fourth-order valence-corrected chi connectivity index (χ4v) is 2.48. The van der Waals surface area contributed by atoms with Crippen molar-refractivity contribution in [3.63, 3.8) is 0 Å². The molecule has 0 aromatic heterocycles. The van der Waals surface area contributed by atoms with E-state index in [0.29, 0.717) is 22.8 Å². The van der Waals surface area contributed by atoms with Crippen LogP contribution < -0.4 is 19.5 Å². The van der Waals surface area contributed by atoms with Crippen LogP contribution in [-0.4, -0.2) is 39.8 Å². The molecule has 1 N–H and O–H groups in total. The minimum absolute atomic E-state index is 0.339. The summed E-state index contributed by atoms with van der Waals surface area (Å²) in [6.07, 6.45) is 0. The number of rotatable bonds is 8. The number of carbonyl (C=O) groups excluding carboxylic acids is 2. The molecule has 0 spiro atoms. The standard InChI is InChI=1S/C20H23NO6/c1-13(17-11-16(25-3)9-10-18(17)26-4)21-19(22)12-27-20(23)14-5-7-15(24-2)8-6-14/h5-11,13H,12H2,1-4H3,(H,21,22). The molecular formula is C20H23NO6. The Morgan fingerprint density at radius 1 is 0.926 bits per heavy atom. The van der Waals surface area contributed by atoms with Crippen LogP contribution in [0, 0.1) is 0 Å². The van der Waals surface area contributed by atoms with Crippen molar-refractivity contribution < 1.29 is 28.5 Å². The Morgan fingerprint density at radius 3 is 2.15 bits per heavy atom. The highest BCUT2D eigenvalue weighted by molar-refractivity contribution is 5.91. The van der Waals surface area contributed by atoms with Gasteiger partial charge in [-0.2, -0.15) is 0 Å². The van der Waals surface area contributed by atoms with Crippen molar-refractivity contribution in [3.05, 3.63) is 53.6 Å².